The normalized spacial score (nSPS) is 11.9. The van der Waals surface area contributed by atoms with Gasteiger partial charge in [-0.1, -0.05) is 12.2 Å². The van der Waals surface area contributed by atoms with Gasteiger partial charge >= 0.3 is 12.8 Å². The predicted molar refractivity (Wildman–Crippen MR) is 81.8 cm³/mol. The van der Waals surface area contributed by atoms with E-state index >= 15 is 0 Å². The summed E-state index contributed by atoms with van der Waals surface area (Å²) in [5.74, 6) is -0.638. The fourth-order valence-corrected chi connectivity index (χ4v) is 2.51. The molecule has 0 aliphatic heterocycles. The number of alkyl halides is 5. The molecule has 0 fully saturated rings. The molecule has 2 heterocycles. The maximum atomic E-state index is 12.9. The average Bonchev–Trinajstić information content (AvgIpc) is 2.54. The quantitative estimate of drug-likeness (QED) is 0.520. The fraction of sp³-hybridized carbons (Fsp3) is 0.133. The van der Waals surface area contributed by atoms with Crippen LogP contribution in [0.1, 0.15) is 5.56 Å². The van der Waals surface area contributed by atoms with E-state index in [1.54, 1.807) is 0 Å². The van der Waals surface area contributed by atoms with Crippen molar-refractivity contribution in [2.24, 2.45) is 0 Å². The van der Waals surface area contributed by atoms with Crippen LogP contribution in [0, 0.1) is 4.64 Å². The molecule has 0 aliphatic rings. The minimum atomic E-state index is -4.70. The van der Waals surface area contributed by atoms with Gasteiger partial charge in [-0.2, -0.15) is 27.1 Å². The Morgan fingerprint density at radius 2 is 1.88 bits per heavy atom. The summed E-state index contributed by atoms with van der Waals surface area (Å²) in [7, 11) is 0. The Bertz CT molecular complexity index is 987. The molecule has 0 atom stereocenters. The molecule has 10 heteroatoms. The van der Waals surface area contributed by atoms with Crippen molar-refractivity contribution >= 4 is 23.0 Å². The van der Waals surface area contributed by atoms with Gasteiger partial charge < -0.3 is 4.74 Å². The molecule has 0 saturated heterocycles. The second kappa shape index (κ2) is 6.36. The van der Waals surface area contributed by atoms with Crippen LogP contribution in [0.4, 0.5) is 22.0 Å². The zero-order valence-electron chi connectivity index (χ0n) is 12.1. The van der Waals surface area contributed by atoms with Crippen molar-refractivity contribution in [2.45, 2.75) is 12.8 Å². The third-order valence-corrected chi connectivity index (χ3v) is 3.68. The molecule has 2 aromatic heterocycles. The van der Waals surface area contributed by atoms with E-state index in [4.69, 9.17) is 12.2 Å². The van der Waals surface area contributed by atoms with Gasteiger partial charge in [-0.05, 0) is 24.3 Å². The largest absolute Gasteiger partial charge is 0.434 e. The van der Waals surface area contributed by atoms with Crippen LogP contribution in [0.25, 0.3) is 22.0 Å². The number of fused-ring (bicyclic) bond motifs is 1. The van der Waals surface area contributed by atoms with Crippen molar-refractivity contribution in [1.82, 2.24) is 15.2 Å². The highest BCUT2D eigenvalue weighted by molar-refractivity contribution is 7.71. The van der Waals surface area contributed by atoms with E-state index in [-0.39, 0.29) is 15.9 Å². The Morgan fingerprint density at radius 3 is 2.56 bits per heavy atom. The number of aromatic nitrogens is 3. The fourth-order valence-electron chi connectivity index (χ4n) is 2.30. The van der Waals surface area contributed by atoms with Crippen LogP contribution in [-0.2, 0) is 6.18 Å². The first-order chi connectivity index (χ1) is 11.8. The van der Waals surface area contributed by atoms with Gasteiger partial charge in [0, 0.05) is 28.7 Å². The lowest BCUT2D eigenvalue weighted by Gasteiger charge is -2.14. The number of aromatic amines is 1. The molecule has 0 radical (unpaired) electrons. The van der Waals surface area contributed by atoms with E-state index in [9.17, 15) is 22.0 Å². The van der Waals surface area contributed by atoms with Crippen molar-refractivity contribution in [3.8, 4) is 17.0 Å². The minimum Gasteiger partial charge on any atom is -0.434 e. The molecule has 0 spiro atoms. The lowest BCUT2D eigenvalue weighted by Crippen LogP contribution is -2.08. The summed E-state index contributed by atoms with van der Waals surface area (Å²) >= 11 is 5.08. The monoisotopic (exact) mass is 373 g/mol. The Kier molecular flexibility index (Phi) is 4.38. The van der Waals surface area contributed by atoms with Crippen LogP contribution < -0.4 is 4.74 Å². The van der Waals surface area contributed by atoms with Gasteiger partial charge in [-0.15, -0.1) is 0 Å². The molecule has 130 valence electrons. The van der Waals surface area contributed by atoms with Crippen LogP contribution >= 0.6 is 12.2 Å². The molecule has 0 amide bonds. The van der Waals surface area contributed by atoms with Gasteiger partial charge in [0.1, 0.15) is 16.1 Å². The van der Waals surface area contributed by atoms with Gasteiger partial charge in [0.15, 0.2) is 0 Å². The van der Waals surface area contributed by atoms with Crippen LogP contribution in [0.15, 0.2) is 36.7 Å². The van der Waals surface area contributed by atoms with Crippen LogP contribution in [0.5, 0.6) is 5.75 Å². The second-order valence-corrected chi connectivity index (χ2v) is 5.32. The van der Waals surface area contributed by atoms with Gasteiger partial charge in [-0.25, -0.2) is 0 Å². The molecule has 0 aliphatic carbocycles. The molecule has 0 saturated carbocycles. The highest BCUT2D eigenvalue weighted by atomic mass is 32.1. The summed E-state index contributed by atoms with van der Waals surface area (Å²) in [5.41, 5.74) is -1.02. The van der Waals surface area contributed by atoms with Crippen molar-refractivity contribution in [2.75, 3.05) is 0 Å². The first kappa shape index (κ1) is 17.2. The summed E-state index contributed by atoms with van der Waals surface area (Å²) in [5, 5.41) is 7.42. The molecule has 1 aromatic carbocycles. The average molecular weight is 373 g/mol. The van der Waals surface area contributed by atoms with Crippen LogP contribution in [0.2, 0.25) is 0 Å². The Hall–Kier alpha value is -2.62. The van der Waals surface area contributed by atoms with Gasteiger partial charge in [0.25, 0.3) is 0 Å². The number of benzene rings is 1. The second-order valence-electron chi connectivity index (χ2n) is 4.91. The third-order valence-electron chi connectivity index (χ3n) is 3.37. The summed E-state index contributed by atoms with van der Waals surface area (Å²) in [6.45, 7) is -3.29. The van der Waals surface area contributed by atoms with E-state index in [2.05, 4.69) is 19.9 Å². The van der Waals surface area contributed by atoms with E-state index in [0.29, 0.717) is 16.8 Å². The first-order valence-corrected chi connectivity index (χ1v) is 7.17. The number of H-pyrrole nitrogens is 1. The number of pyridine rings is 1. The van der Waals surface area contributed by atoms with E-state index in [1.165, 1.54) is 18.5 Å². The summed E-state index contributed by atoms with van der Waals surface area (Å²) in [6, 6.07) is 3.84. The van der Waals surface area contributed by atoms with Crippen LogP contribution in [-0.4, -0.2) is 21.8 Å². The first-order valence-electron chi connectivity index (χ1n) is 6.76. The van der Waals surface area contributed by atoms with Gasteiger partial charge in [-0.3, -0.25) is 10.1 Å². The van der Waals surface area contributed by atoms with Crippen molar-refractivity contribution in [1.29, 1.82) is 0 Å². The molecule has 3 aromatic rings. The SMILES string of the molecule is FC(F)Oc1cc(C(F)(F)F)ccc1-c1n[nH]c(=S)c2cnccc12. The zero-order valence-corrected chi connectivity index (χ0v) is 13.0. The molecule has 3 rings (SSSR count). The molecular weight excluding hydrogens is 365 g/mol. The van der Waals surface area contributed by atoms with E-state index in [0.717, 1.165) is 12.1 Å². The van der Waals surface area contributed by atoms with Crippen molar-refractivity contribution in [3.05, 3.63) is 46.9 Å². The molecule has 1 N–H and O–H groups in total. The molecule has 4 nitrogen and oxygen atoms in total. The molecular formula is C15H8F5N3OS. The van der Waals surface area contributed by atoms with Gasteiger partial charge in [0.05, 0.1) is 5.56 Å². The maximum absolute atomic E-state index is 12.9. The zero-order chi connectivity index (χ0) is 18.2. The number of hydrogen-bond donors (Lipinski definition) is 1. The summed E-state index contributed by atoms with van der Waals surface area (Å²) < 4.78 is 68.4. The number of nitrogens with zero attached hydrogens (tertiary/aromatic N) is 2. The number of halogens is 5. The predicted octanol–water partition coefficient (Wildman–Crippen LogP) is 4.97. The topological polar surface area (TPSA) is 50.8 Å². The van der Waals surface area contributed by atoms with Crippen molar-refractivity contribution < 1.29 is 26.7 Å². The van der Waals surface area contributed by atoms with Gasteiger partial charge in [0.2, 0.25) is 0 Å². The number of nitrogens with one attached hydrogen (secondary N) is 1. The Morgan fingerprint density at radius 1 is 1.12 bits per heavy atom. The van der Waals surface area contributed by atoms with E-state index < -0.39 is 24.1 Å². The lowest BCUT2D eigenvalue weighted by atomic mass is 10.0. The standard InChI is InChI=1S/C15H8F5N3OS/c16-14(17)24-11-5-7(15(18,19)20)1-2-9(11)12-8-3-4-21-6-10(8)13(25)23-22-12/h1-6,14H,(H,23,25). The molecule has 0 unspecified atom stereocenters. The maximum Gasteiger partial charge on any atom is 0.416 e. The minimum absolute atomic E-state index is 0.0317. The third kappa shape index (κ3) is 3.43. The molecule has 25 heavy (non-hydrogen) atoms. The summed E-state index contributed by atoms with van der Waals surface area (Å²) in [6.07, 6.45) is -1.83. The number of ether oxygens (including phenoxy) is 1. The summed E-state index contributed by atoms with van der Waals surface area (Å²) in [4.78, 5) is 3.91. The van der Waals surface area contributed by atoms with Crippen molar-refractivity contribution in [3.63, 3.8) is 0 Å². The highest BCUT2D eigenvalue weighted by Gasteiger charge is 2.32. The Labute approximate surface area is 142 Å². The molecule has 0 bridgehead atoms. The Balaban J connectivity index is 2.27. The lowest BCUT2D eigenvalue weighted by molar-refractivity contribution is -0.138. The van der Waals surface area contributed by atoms with E-state index in [1.807, 2.05) is 0 Å². The smallest absolute Gasteiger partial charge is 0.416 e. The van der Waals surface area contributed by atoms with Crippen LogP contribution in [0.3, 0.4) is 0 Å². The number of hydrogen-bond acceptors (Lipinski definition) is 4. The number of rotatable bonds is 3. The highest BCUT2D eigenvalue weighted by Crippen LogP contribution is 2.38.